The molecule has 0 saturated carbocycles. The summed E-state index contributed by atoms with van der Waals surface area (Å²) in [6, 6.07) is 15.0. The van der Waals surface area contributed by atoms with E-state index in [1.165, 1.54) is 6.08 Å². The van der Waals surface area contributed by atoms with Gasteiger partial charge in [-0.05, 0) is 60.4 Å². The Morgan fingerprint density at radius 1 is 0.976 bits per heavy atom. The SMILES string of the molecule is C=CC(=O)N(CC(C)C)C(Cc1ccccc1)C(=O)C(C)C.CC#CC(=O)Nc1cc(C(C)C)ccc1C(=O)CC. The Kier molecular flexibility index (Phi) is 15.1. The fourth-order valence-corrected chi connectivity index (χ4v) is 4.19. The van der Waals surface area contributed by atoms with Crippen molar-refractivity contribution in [3.8, 4) is 11.8 Å². The van der Waals surface area contributed by atoms with Crippen LogP contribution in [0.1, 0.15) is 89.2 Å². The van der Waals surface area contributed by atoms with E-state index in [9.17, 15) is 19.2 Å². The molecule has 1 N–H and O–H groups in total. The number of amides is 2. The number of anilines is 1. The van der Waals surface area contributed by atoms with Gasteiger partial charge in [0.25, 0.3) is 5.91 Å². The van der Waals surface area contributed by atoms with Crippen LogP contribution in [0.2, 0.25) is 0 Å². The molecule has 0 saturated heterocycles. The average molecular weight is 559 g/mol. The maximum atomic E-state index is 12.7. The van der Waals surface area contributed by atoms with E-state index < -0.39 is 11.9 Å². The molecule has 0 aliphatic carbocycles. The molecule has 0 spiro atoms. The summed E-state index contributed by atoms with van der Waals surface area (Å²) in [6.07, 6.45) is 2.25. The van der Waals surface area contributed by atoms with Gasteiger partial charge in [0.1, 0.15) is 0 Å². The van der Waals surface area contributed by atoms with E-state index in [1.54, 1.807) is 24.8 Å². The second kappa shape index (κ2) is 17.7. The van der Waals surface area contributed by atoms with Gasteiger partial charge in [-0.25, -0.2) is 0 Å². The number of ketones is 2. The second-order valence-electron chi connectivity index (χ2n) is 10.9. The molecule has 0 fully saturated rings. The van der Waals surface area contributed by atoms with Crippen molar-refractivity contribution in [2.45, 2.75) is 80.2 Å². The first-order valence-electron chi connectivity index (χ1n) is 14.3. The lowest BCUT2D eigenvalue weighted by atomic mass is 9.93. The molecular weight excluding hydrogens is 512 g/mol. The molecule has 2 aromatic rings. The van der Waals surface area contributed by atoms with E-state index in [0.29, 0.717) is 42.5 Å². The molecule has 0 aliphatic rings. The Morgan fingerprint density at radius 3 is 2.10 bits per heavy atom. The summed E-state index contributed by atoms with van der Waals surface area (Å²) in [7, 11) is 0. The third kappa shape index (κ3) is 11.6. The van der Waals surface area contributed by atoms with E-state index >= 15 is 0 Å². The third-order valence-electron chi connectivity index (χ3n) is 6.38. The largest absolute Gasteiger partial charge is 0.329 e. The predicted molar refractivity (Wildman–Crippen MR) is 168 cm³/mol. The molecule has 220 valence electrons. The molecule has 1 unspecified atom stereocenters. The van der Waals surface area contributed by atoms with E-state index in [-0.39, 0.29) is 23.4 Å². The fourth-order valence-electron chi connectivity index (χ4n) is 4.19. The van der Waals surface area contributed by atoms with E-state index in [0.717, 1.165) is 11.1 Å². The van der Waals surface area contributed by atoms with Crippen LogP contribution in [0.5, 0.6) is 0 Å². The zero-order valence-corrected chi connectivity index (χ0v) is 25.9. The van der Waals surface area contributed by atoms with Crippen LogP contribution in [0.15, 0.2) is 61.2 Å². The van der Waals surface area contributed by atoms with Gasteiger partial charge in [0.15, 0.2) is 11.6 Å². The zero-order chi connectivity index (χ0) is 31.1. The first kappa shape index (κ1) is 35.0. The summed E-state index contributed by atoms with van der Waals surface area (Å²) in [5.74, 6) is 5.01. The monoisotopic (exact) mass is 558 g/mol. The molecule has 0 heterocycles. The number of carbonyl (C=O) groups is 4. The number of benzene rings is 2. The van der Waals surface area contributed by atoms with Crippen molar-refractivity contribution in [1.29, 1.82) is 0 Å². The Labute approximate surface area is 246 Å². The average Bonchev–Trinajstić information content (AvgIpc) is 2.94. The first-order valence-corrected chi connectivity index (χ1v) is 14.3. The van der Waals surface area contributed by atoms with Crippen LogP contribution in [0, 0.1) is 23.7 Å². The summed E-state index contributed by atoms with van der Waals surface area (Å²) in [4.78, 5) is 50.0. The van der Waals surface area contributed by atoms with Crippen molar-refractivity contribution in [2.24, 2.45) is 11.8 Å². The highest BCUT2D eigenvalue weighted by molar-refractivity contribution is 6.09. The van der Waals surface area contributed by atoms with Crippen molar-refractivity contribution in [3.63, 3.8) is 0 Å². The number of carbonyl (C=O) groups excluding carboxylic acids is 4. The molecule has 0 radical (unpaired) electrons. The van der Waals surface area contributed by atoms with Crippen molar-refractivity contribution < 1.29 is 19.2 Å². The Morgan fingerprint density at radius 2 is 1.61 bits per heavy atom. The zero-order valence-electron chi connectivity index (χ0n) is 25.9. The molecular formula is C35H46N2O4. The van der Waals surface area contributed by atoms with Gasteiger partial charge in [-0.15, -0.1) is 0 Å². The molecule has 6 heteroatoms. The van der Waals surface area contributed by atoms with E-state index in [1.807, 2.05) is 70.2 Å². The maximum absolute atomic E-state index is 12.7. The molecule has 2 rings (SSSR count). The van der Waals surface area contributed by atoms with Crippen LogP contribution in [-0.2, 0) is 20.8 Å². The van der Waals surface area contributed by atoms with E-state index in [4.69, 9.17) is 0 Å². The number of hydrogen-bond donors (Lipinski definition) is 1. The minimum atomic E-state index is -0.435. The first-order chi connectivity index (χ1) is 19.4. The van der Waals surface area contributed by atoms with Gasteiger partial charge in [0.2, 0.25) is 5.91 Å². The summed E-state index contributed by atoms with van der Waals surface area (Å²) in [6.45, 7) is 19.5. The van der Waals surface area contributed by atoms with Gasteiger partial charge in [-0.1, -0.05) is 97.4 Å². The highest BCUT2D eigenvalue weighted by atomic mass is 16.2. The molecule has 0 aromatic heterocycles. The Bertz CT molecular complexity index is 1250. The van der Waals surface area contributed by atoms with Crippen molar-refractivity contribution >= 4 is 29.1 Å². The lowest BCUT2D eigenvalue weighted by molar-refractivity contribution is -0.138. The number of rotatable bonds is 12. The van der Waals surface area contributed by atoms with Crippen LogP contribution in [0.4, 0.5) is 5.69 Å². The molecule has 2 amide bonds. The number of hydrogen-bond acceptors (Lipinski definition) is 4. The predicted octanol–water partition coefficient (Wildman–Crippen LogP) is 6.86. The molecule has 1 atom stereocenters. The number of nitrogens with zero attached hydrogens (tertiary/aromatic N) is 1. The number of nitrogens with one attached hydrogen (secondary N) is 1. The lowest BCUT2D eigenvalue weighted by Gasteiger charge is -2.32. The van der Waals surface area contributed by atoms with Crippen LogP contribution in [0.3, 0.4) is 0 Å². The quantitative estimate of drug-likeness (QED) is 0.175. The minimum Gasteiger partial charge on any atom is -0.329 e. The van der Waals surface area contributed by atoms with E-state index in [2.05, 4.69) is 37.6 Å². The van der Waals surface area contributed by atoms with Crippen LogP contribution in [0.25, 0.3) is 0 Å². The molecule has 41 heavy (non-hydrogen) atoms. The molecule has 0 bridgehead atoms. The van der Waals surface area contributed by atoms with Crippen molar-refractivity contribution in [3.05, 3.63) is 77.9 Å². The second-order valence-corrected chi connectivity index (χ2v) is 10.9. The van der Waals surface area contributed by atoms with Crippen LogP contribution >= 0.6 is 0 Å². The minimum absolute atomic E-state index is 0.00932. The third-order valence-corrected chi connectivity index (χ3v) is 6.38. The van der Waals surface area contributed by atoms with Gasteiger partial charge in [0.05, 0.1) is 11.7 Å². The maximum Gasteiger partial charge on any atom is 0.300 e. The van der Waals surface area contributed by atoms with Gasteiger partial charge in [-0.3, -0.25) is 19.2 Å². The highest BCUT2D eigenvalue weighted by Crippen LogP contribution is 2.24. The van der Waals surface area contributed by atoms with Crippen molar-refractivity contribution in [1.82, 2.24) is 4.90 Å². The standard InChI is InChI=1S/C19H27NO2.C16H19NO2/c1-6-18(21)20(13-14(2)3)17(19(22)15(4)5)12-16-10-8-7-9-11-16;1-5-7-16(19)17-14-10-12(11(3)4)8-9-13(14)15(18)6-2/h6-11,14-15,17H,1,12-13H2,2-5H3;8-11H,6H2,1-4H3,(H,17,19). The summed E-state index contributed by atoms with van der Waals surface area (Å²) in [5, 5.41) is 2.69. The highest BCUT2D eigenvalue weighted by Gasteiger charge is 2.30. The summed E-state index contributed by atoms with van der Waals surface area (Å²) < 4.78 is 0. The topological polar surface area (TPSA) is 83.6 Å². The van der Waals surface area contributed by atoms with Gasteiger partial charge >= 0.3 is 0 Å². The van der Waals surface area contributed by atoms with Gasteiger partial charge in [-0.2, -0.15) is 0 Å². The van der Waals surface area contributed by atoms with Gasteiger partial charge < -0.3 is 10.2 Å². The number of Topliss-reactive ketones (excluding diaryl/α,β-unsaturated/α-hetero) is 2. The Hall–Kier alpha value is -3.98. The van der Waals surface area contributed by atoms with Crippen LogP contribution in [-0.4, -0.2) is 40.9 Å². The molecule has 6 nitrogen and oxygen atoms in total. The molecule has 0 aliphatic heterocycles. The van der Waals surface area contributed by atoms with Gasteiger partial charge in [0, 0.05) is 24.4 Å². The van der Waals surface area contributed by atoms with Crippen molar-refractivity contribution in [2.75, 3.05) is 11.9 Å². The summed E-state index contributed by atoms with van der Waals surface area (Å²) in [5.41, 5.74) is 3.23. The lowest BCUT2D eigenvalue weighted by Crippen LogP contribution is -2.48. The normalized spacial score (nSPS) is 11.1. The Balaban J connectivity index is 0.000000414. The summed E-state index contributed by atoms with van der Waals surface area (Å²) >= 11 is 0. The molecule has 2 aromatic carbocycles. The fraction of sp³-hybridized carbons (Fsp3) is 0.429. The smallest absolute Gasteiger partial charge is 0.300 e. The van der Waals surface area contributed by atoms with Crippen LogP contribution < -0.4 is 5.32 Å².